The van der Waals surface area contributed by atoms with E-state index in [1.807, 2.05) is 6.92 Å². The van der Waals surface area contributed by atoms with Crippen LogP contribution in [0.15, 0.2) is 5.38 Å². The van der Waals surface area contributed by atoms with Crippen molar-refractivity contribution in [3.05, 3.63) is 11.1 Å². The number of thiazole rings is 1. The Labute approximate surface area is 107 Å². The molecule has 1 aromatic heterocycles. The van der Waals surface area contributed by atoms with Crippen LogP contribution < -0.4 is 10.2 Å². The van der Waals surface area contributed by atoms with Gasteiger partial charge in [0.15, 0.2) is 5.13 Å². The molecular weight excluding hydrogens is 234 g/mol. The number of nitrogens with one attached hydrogen (secondary N) is 1. The first-order chi connectivity index (χ1) is 8.29. The maximum atomic E-state index is 5.34. The Morgan fingerprint density at radius 2 is 2.41 bits per heavy atom. The van der Waals surface area contributed by atoms with E-state index in [4.69, 9.17) is 4.74 Å². The summed E-state index contributed by atoms with van der Waals surface area (Å²) < 4.78 is 5.34. The summed E-state index contributed by atoms with van der Waals surface area (Å²) in [6, 6.07) is 0.746. The lowest BCUT2D eigenvalue weighted by Crippen LogP contribution is -2.22. The van der Waals surface area contributed by atoms with Crippen molar-refractivity contribution in [3.8, 4) is 0 Å². The van der Waals surface area contributed by atoms with Crippen molar-refractivity contribution in [1.82, 2.24) is 10.3 Å². The van der Waals surface area contributed by atoms with Crippen molar-refractivity contribution in [1.29, 1.82) is 0 Å². The van der Waals surface area contributed by atoms with Gasteiger partial charge in [-0.25, -0.2) is 4.98 Å². The Bertz CT molecular complexity index is 338. The summed E-state index contributed by atoms with van der Waals surface area (Å²) in [5, 5.41) is 6.70. The Kier molecular flexibility index (Phi) is 4.76. The smallest absolute Gasteiger partial charge is 0.185 e. The van der Waals surface area contributed by atoms with Crippen molar-refractivity contribution in [3.63, 3.8) is 0 Å². The Morgan fingerprint density at radius 1 is 1.59 bits per heavy atom. The van der Waals surface area contributed by atoms with E-state index in [1.165, 1.54) is 12.8 Å². The molecule has 1 saturated carbocycles. The van der Waals surface area contributed by atoms with Gasteiger partial charge < -0.3 is 15.0 Å². The molecule has 1 heterocycles. The molecule has 17 heavy (non-hydrogen) atoms. The van der Waals surface area contributed by atoms with Crippen LogP contribution in [0.25, 0.3) is 0 Å². The van der Waals surface area contributed by atoms with Crippen molar-refractivity contribution < 1.29 is 4.74 Å². The molecular formula is C12H21N3OS. The first-order valence-electron chi connectivity index (χ1n) is 6.26. The molecule has 96 valence electrons. The number of rotatable bonds is 8. The number of anilines is 1. The summed E-state index contributed by atoms with van der Waals surface area (Å²) in [6.07, 6.45) is 2.65. The minimum Gasteiger partial charge on any atom is -0.380 e. The van der Waals surface area contributed by atoms with Crippen molar-refractivity contribution in [2.75, 3.05) is 31.7 Å². The fourth-order valence-electron chi connectivity index (χ4n) is 1.53. The van der Waals surface area contributed by atoms with Crippen LogP contribution in [0.1, 0.15) is 25.5 Å². The number of hydrogen-bond acceptors (Lipinski definition) is 5. The second-order valence-corrected chi connectivity index (χ2v) is 5.23. The quantitative estimate of drug-likeness (QED) is 0.720. The lowest BCUT2D eigenvalue weighted by Gasteiger charge is -2.15. The number of nitrogens with zero attached hydrogens (tertiary/aromatic N) is 2. The van der Waals surface area contributed by atoms with E-state index in [0.29, 0.717) is 0 Å². The highest BCUT2D eigenvalue weighted by Gasteiger charge is 2.20. The van der Waals surface area contributed by atoms with Crippen LogP contribution in [0.4, 0.5) is 5.13 Å². The summed E-state index contributed by atoms with van der Waals surface area (Å²) >= 11 is 1.71. The highest BCUT2D eigenvalue weighted by atomic mass is 32.1. The summed E-state index contributed by atoms with van der Waals surface area (Å²) in [5.74, 6) is 0. The van der Waals surface area contributed by atoms with E-state index in [-0.39, 0.29) is 0 Å². The predicted octanol–water partition coefficient (Wildman–Crippen LogP) is 1.87. The highest BCUT2D eigenvalue weighted by molar-refractivity contribution is 7.13. The van der Waals surface area contributed by atoms with Gasteiger partial charge in [-0.15, -0.1) is 11.3 Å². The van der Waals surface area contributed by atoms with Gasteiger partial charge in [0.05, 0.1) is 12.3 Å². The van der Waals surface area contributed by atoms with Crippen molar-refractivity contribution in [2.24, 2.45) is 0 Å². The normalized spacial score (nSPS) is 15.2. The first-order valence-corrected chi connectivity index (χ1v) is 7.14. The molecule has 0 unspecified atom stereocenters. The zero-order chi connectivity index (χ0) is 12.1. The van der Waals surface area contributed by atoms with Crippen LogP contribution in [0, 0.1) is 0 Å². The molecule has 5 heteroatoms. The Balaban J connectivity index is 1.75. The molecule has 1 fully saturated rings. The molecule has 1 aliphatic rings. The average molecular weight is 255 g/mol. The zero-order valence-corrected chi connectivity index (χ0v) is 11.4. The maximum absolute atomic E-state index is 5.34. The highest BCUT2D eigenvalue weighted by Crippen LogP contribution is 2.22. The topological polar surface area (TPSA) is 37.4 Å². The van der Waals surface area contributed by atoms with E-state index in [1.54, 1.807) is 11.3 Å². The minimum absolute atomic E-state index is 0.746. The van der Waals surface area contributed by atoms with Crippen LogP contribution in [0.5, 0.6) is 0 Å². The molecule has 0 spiro atoms. The molecule has 0 bridgehead atoms. The van der Waals surface area contributed by atoms with Crippen molar-refractivity contribution >= 4 is 16.5 Å². The number of likely N-dealkylation sites (N-methyl/N-ethyl adjacent to an activating group) is 1. The lowest BCUT2D eigenvalue weighted by molar-refractivity contribution is 0.154. The molecule has 0 amide bonds. The summed E-state index contributed by atoms with van der Waals surface area (Å²) in [4.78, 5) is 6.77. The molecule has 0 saturated heterocycles. The SMILES string of the molecule is CCOCCN(C)c1nc(CNC2CC2)cs1. The lowest BCUT2D eigenvalue weighted by atomic mass is 10.5. The summed E-state index contributed by atoms with van der Waals surface area (Å²) in [6.45, 7) is 5.37. The van der Waals surface area contributed by atoms with Crippen LogP contribution in [-0.2, 0) is 11.3 Å². The molecule has 0 radical (unpaired) electrons. The van der Waals surface area contributed by atoms with Crippen LogP contribution in [0.3, 0.4) is 0 Å². The van der Waals surface area contributed by atoms with Gasteiger partial charge in [-0.05, 0) is 19.8 Å². The maximum Gasteiger partial charge on any atom is 0.185 e. The third-order valence-electron chi connectivity index (χ3n) is 2.79. The molecule has 0 aliphatic heterocycles. The van der Waals surface area contributed by atoms with Crippen molar-refractivity contribution in [2.45, 2.75) is 32.4 Å². The summed E-state index contributed by atoms with van der Waals surface area (Å²) in [7, 11) is 2.07. The molecule has 4 nitrogen and oxygen atoms in total. The second kappa shape index (κ2) is 6.33. The van der Waals surface area contributed by atoms with Gasteiger partial charge >= 0.3 is 0 Å². The molecule has 0 atom stereocenters. The van der Waals surface area contributed by atoms with Gasteiger partial charge in [0.25, 0.3) is 0 Å². The third-order valence-corrected chi connectivity index (χ3v) is 3.79. The van der Waals surface area contributed by atoms with Crippen LogP contribution in [-0.4, -0.2) is 37.8 Å². The van der Waals surface area contributed by atoms with Gasteiger partial charge in [0, 0.05) is 38.2 Å². The number of ether oxygens (including phenoxy) is 1. The molecule has 1 aliphatic carbocycles. The van der Waals surface area contributed by atoms with Crippen LogP contribution >= 0.6 is 11.3 Å². The largest absolute Gasteiger partial charge is 0.380 e. The van der Waals surface area contributed by atoms with Crippen LogP contribution in [0.2, 0.25) is 0 Å². The second-order valence-electron chi connectivity index (χ2n) is 4.40. The number of hydrogen-bond donors (Lipinski definition) is 1. The van der Waals surface area contributed by atoms with E-state index in [9.17, 15) is 0 Å². The third kappa shape index (κ3) is 4.26. The Hall–Kier alpha value is -0.650. The predicted molar refractivity (Wildman–Crippen MR) is 71.7 cm³/mol. The Morgan fingerprint density at radius 3 is 3.12 bits per heavy atom. The number of aromatic nitrogens is 1. The monoisotopic (exact) mass is 255 g/mol. The fraction of sp³-hybridized carbons (Fsp3) is 0.750. The van der Waals surface area contributed by atoms with E-state index in [0.717, 1.165) is 43.2 Å². The molecule has 0 aromatic carbocycles. The van der Waals surface area contributed by atoms with E-state index >= 15 is 0 Å². The minimum atomic E-state index is 0.746. The molecule has 1 aromatic rings. The summed E-state index contributed by atoms with van der Waals surface area (Å²) in [5.41, 5.74) is 1.15. The molecule has 2 rings (SSSR count). The molecule has 1 N–H and O–H groups in total. The zero-order valence-electron chi connectivity index (χ0n) is 10.6. The van der Waals surface area contributed by atoms with E-state index in [2.05, 4.69) is 27.6 Å². The first kappa shape index (κ1) is 12.8. The van der Waals surface area contributed by atoms with Gasteiger partial charge in [-0.2, -0.15) is 0 Å². The fourth-order valence-corrected chi connectivity index (χ4v) is 2.35. The average Bonchev–Trinajstić information content (AvgIpc) is 3.04. The van der Waals surface area contributed by atoms with Gasteiger partial charge in [-0.1, -0.05) is 0 Å². The van der Waals surface area contributed by atoms with Gasteiger partial charge in [0.1, 0.15) is 0 Å². The van der Waals surface area contributed by atoms with Gasteiger partial charge in [0.2, 0.25) is 0 Å². The van der Waals surface area contributed by atoms with Gasteiger partial charge in [-0.3, -0.25) is 0 Å². The van der Waals surface area contributed by atoms with E-state index < -0.39 is 0 Å². The standard InChI is InChI=1S/C12H21N3OS/c1-3-16-7-6-15(2)12-14-11(9-17-12)8-13-10-4-5-10/h9-10,13H,3-8H2,1-2H3.